The van der Waals surface area contributed by atoms with Crippen LogP contribution in [0.3, 0.4) is 0 Å². The van der Waals surface area contributed by atoms with Crippen molar-refractivity contribution in [1.29, 1.82) is 0 Å². The van der Waals surface area contributed by atoms with Crippen LogP contribution in [-0.4, -0.2) is 45.5 Å². The van der Waals surface area contributed by atoms with Gasteiger partial charge < -0.3 is 5.32 Å². The summed E-state index contributed by atoms with van der Waals surface area (Å²) in [6, 6.07) is 5.49. The summed E-state index contributed by atoms with van der Waals surface area (Å²) >= 11 is 12.2. The monoisotopic (exact) mass is 444 g/mol. The number of aromatic nitrogens is 8. The Morgan fingerprint density at radius 3 is 2.60 bits per heavy atom. The Labute approximate surface area is 180 Å². The van der Waals surface area contributed by atoms with E-state index < -0.39 is 12.1 Å². The topological polar surface area (TPSA) is 128 Å². The third-order valence-electron chi connectivity index (χ3n) is 3.91. The molecular formula is C17H14Cl2N10O. The number of nitrogens with one attached hydrogen (secondary N) is 2. The Hall–Kier alpha value is -3.57. The molecule has 0 fully saturated rings. The molecule has 1 atom stereocenters. The van der Waals surface area contributed by atoms with Gasteiger partial charge in [-0.05, 0) is 25.1 Å². The van der Waals surface area contributed by atoms with E-state index in [2.05, 4.69) is 40.8 Å². The summed E-state index contributed by atoms with van der Waals surface area (Å²) in [6.07, 6.45) is 6.10. The van der Waals surface area contributed by atoms with E-state index in [-0.39, 0.29) is 11.0 Å². The number of nitrogens with zero attached hydrogens (tertiary/aromatic N) is 8. The minimum atomic E-state index is -0.518. The SMILES string of the molecule is CC(NC(=O)Nc1cc(Cl)nn1-c1ncccc1Cl)c1ncnn1-c1ncccn1. The van der Waals surface area contributed by atoms with Gasteiger partial charge in [0.15, 0.2) is 16.8 Å². The number of rotatable bonds is 5. The van der Waals surface area contributed by atoms with Gasteiger partial charge in [0.25, 0.3) is 5.95 Å². The molecule has 4 aromatic heterocycles. The molecule has 30 heavy (non-hydrogen) atoms. The Balaban J connectivity index is 1.52. The summed E-state index contributed by atoms with van der Waals surface area (Å²) in [6.45, 7) is 1.75. The Morgan fingerprint density at radius 1 is 1.07 bits per heavy atom. The van der Waals surface area contributed by atoms with E-state index in [1.807, 2.05) is 0 Å². The van der Waals surface area contributed by atoms with Crippen molar-refractivity contribution >= 4 is 35.1 Å². The minimum Gasteiger partial charge on any atom is -0.328 e. The van der Waals surface area contributed by atoms with Crippen LogP contribution in [0.4, 0.5) is 10.6 Å². The van der Waals surface area contributed by atoms with Crippen LogP contribution >= 0.6 is 23.2 Å². The van der Waals surface area contributed by atoms with Gasteiger partial charge in [-0.25, -0.2) is 24.7 Å². The van der Waals surface area contributed by atoms with E-state index in [1.165, 1.54) is 21.8 Å². The van der Waals surface area contributed by atoms with E-state index >= 15 is 0 Å². The second-order valence-corrected chi connectivity index (χ2v) is 6.77. The summed E-state index contributed by atoms with van der Waals surface area (Å²) in [5, 5.41) is 14.2. The smallest absolute Gasteiger partial charge is 0.320 e. The van der Waals surface area contributed by atoms with Gasteiger partial charge >= 0.3 is 6.03 Å². The zero-order chi connectivity index (χ0) is 21.1. The van der Waals surface area contributed by atoms with Gasteiger partial charge in [0, 0.05) is 24.7 Å². The molecule has 1 unspecified atom stereocenters. The number of amides is 2. The van der Waals surface area contributed by atoms with Crippen LogP contribution in [0.2, 0.25) is 10.2 Å². The molecule has 0 saturated carbocycles. The van der Waals surface area contributed by atoms with Crippen LogP contribution < -0.4 is 10.6 Å². The first-order valence-electron chi connectivity index (χ1n) is 8.64. The lowest BCUT2D eigenvalue weighted by Gasteiger charge is -2.15. The highest BCUT2D eigenvalue weighted by Crippen LogP contribution is 2.24. The van der Waals surface area contributed by atoms with Crippen molar-refractivity contribution in [3.63, 3.8) is 0 Å². The predicted molar refractivity (Wildman–Crippen MR) is 109 cm³/mol. The maximum Gasteiger partial charge on any atom is 0.320 e. The molecule has 0 radical (unpaired) electrons. The fraction of sp³-hybridized carbons (Fsp3) is 0.118. The number of halogens is 2. The first-order chi connectivity index (χ1) is 14.5. The number of pyridine rings is 1. The highest BCUT2D eigenvalue weighted by atomic mass is 35.5. The molecule has 0 spiro atoms. The average molecular weight is 445 g/mol. The molecule has 4 aromatic rings. The predicted octanol–water partition coefficient (Wildman–Crippen LogP) is 2.83. The van der Waals surface area contributed by atoms with Crippen molar-refractivity contribution in [3.05, 3.63) is 65.2 Å². The normalized spacial score (nSPS) is 11.8. The highest BCUT2D eigenvalue weighted by molar-refractivity contribution is 6.32. The van der Waals surface area contributed by atoms with Crippen LogP contribution in [0.25, 0.3) is 11.8 Å². The summed E-state index contributed by atoms with van der Waals surface area (Å²) < 4.78 is 2.79. The quantitative estimate of drug-likeness (QED) is 0.483. The number of anilines is 1. The molecule has 2 N–H and O–H groups in total. The molecule has 4 rings (SSSR count). The van der Waals surface area contributed by atoms with Gasteiger partial charge in [-0.3, -0.25) is 5.32 Å². The van der Waals surface area contributed by atoms with Crippen molar-refractivity contribution in [3.8, 4) is 11.8 Å². The van der Waals surface area contributed by atoms with Gasteiger partial charge in [-0.2, -0.15) is 19.6 Å². The van der Waals surface area contributed by atoms with Gasteiger partial charge in [0.2, 0.25) is 0 Å². The Kier molecular flexibility index (Phi) is 5.55. The Bertz CT molecular complexity index is 1180. The zero-order valence-corrected chi connectivity index (χ0v) is 16.9. The van der Waals surface area contributed by atoms with E-state index in [1.54, 1.807) is 43.7 Å². The molecule has 4 heterocycles. The third kappa shape index (κ3) is 4.07. The van der Waals surface area contributed by atoms with Crippen molar-refractivity contribution in [2.75, 3.05) is 5.32 Å². The van der Waals surface area contributed by atoms with Gasteiger partial charge in [-0.1, -0.05) is 23.2 Å². The van der Waals surface area contributed by atoms with Crippen molar-refractivity contribution in [2.24, 2.45) is 0 Å². The first kappa shape index (κ1) is 19.7. The zero-order valence-electron chi connectivity index (χ0n) is 15.4. The van der Waals surface area contributed by atoms with Crippen LogP contribution in [-0.2, 0) is 0 Å². The third-order valence-corrected chi connectivity index (χ3v) is 4.39. The molecule has 0 saturated heterocycles. The maximum absolute atomic E-state index is 12.6. The lowest BCUT2D eigenvalue weighted by Crippen LogP contribution is -2.33. The molecule has 0 aromatic carbocycles. The summed E-state index contributed by atoms with van der Waals surface area (Å²) in [4.78, 5) is 29.3. The average Bonchev–Trinajstić information content (AvgIpc) is 3.36. The summed E-state index contributed by atoms with van der Waals surface area (Å²) in [7, 11) is 0. The molecule has 11 nitrogen and oxygen atoms in total. The largest absolute Gasteiger partial charge is 0.328 e. The number of hydrogen-bond acceptors (Lipinski definition) is 7. The van der Waals surface area contributed by atoms with Crippen molar-refractivity contribution in [2.45, 2.75) is 13.0 Å². The number of urea groups is 1. The lowest BCUT2D eigenvalue weighted by atomic mass is 10.3. The van der Waals surface area contributed by atoms with E-state index in [9.17, 15) is 4.79 Å². The maximum atomic E-state index is 12.6. The molecule has 2 amide bonds. The Morgan fingerprint density at radius 2 is 1.83 bits per heavy atom. The fourth-order valence-corrected chi connectivity index (χ4v) is 3.03. The molecule has 0 aliphatic heterocycles. The second kappa shape index (κ2) is 8.43. The standard InChI is InChI=1S/C17H14Cl2N10O/c1-10(14-23-9-24-29(14)16-21-6-3-7-22-16)25-17(30)26-13-8-12(19)27-28(13)15-11(18)4-2-5-20-15/h2-10H,1H3,(H2,25,26,30). The molecule has 0 bridgehead atoms. The van der Waals surface area contributed by atoms with Crippen molar-refractivity contribution in [1.82, 2.24) is 44.8 Å². The molecule has 152 valence electrons. The van der Waals surface area contributed by atoms with Gasteiger partial charge in [-0.15, -0.1) is 0 Å². The molecule has 0 aliphatic rings. The van der Waals surface area contributed by atoms with E-state index in [4.69, 9.17) is 23.2 Å². The van der Waals surface area contributed by atoms with Crippen molar-refractivity contribution < 1.29 is 4.79 Å². The lowest BCUT2D eigenvalue weighted by molar-refractivity contribution is 0.248. The summed E-state index contributed by atoms with van der Waals surface area (Å²) in [5.41, 5.74) is 0. The van der Waals surface area contributed by atoms with Crippen LogP contribution in [0.5, 0.6) is 0 Å². The second-order valence-electron chi connectivity index (χ2n) is 5.97. The van der Waals surface area contributed by atoms with Crippen LogP contribution in [0.15, 0.2) is 49.2 Å². The fourth-order valence-electron chi connectivity index (χ4n) is 2.65. The number of carbonyl (C=O) groups is 1. The van der Waals surface area contributed by atoms with Crippen LogP contribution in [0.1, 0.15) is 18.8 Å². The minimum absolute atomic E-state index is 0.168. The van der Waals surface area contributed by atoms with Crippen LogP contribution in [0, 0.1) is 0 Å². The molecular weight excluding hydrogens is 431 g/mol. The number of carbonyl (C=O) groups excluding carboxylic acids is 1. The van der Waals surface area contributed by atoms with E-state index in [0.717, 1.165) is 0 Å². The first-order valence-corrected chi connectivity index (χ1v) is 9.40. The van der Waals surface area contributed by atoms with E-state index in [0.29, 0.717) is 22.6 Å². The molecule has 13 heteroatoms. The number of hydrogen-bond donors (Lipinski definition) is 2. The van der Waals surface area contributed by atoms with Gasteiger partial charge in [0.05, 0.1) is 11.1 Å². The molecule has 0 aliphatic carbocycles. The highest BCUT2D eigenvalue weighted by Gasteiger charge is 2.20. The summed E-state index contributed by atoms with van der Waals surface area (Å²) in [5.74, 6) is 1.41. The van der Waals surface area contributed by atoms with Gasteiger partial charge in [0.1, 0.15) is 12.1 Å².